The average Bonchev–Trinajstić information content (AvgIpc) is 2.84. The summed E-state index contributed by atoms with van der Waals surface area (Å²) in [6.45, 7) is 9.60. The molecule has 3 rings (SSSR count). The molecule has 1 fully saturated rings. The van der Waals surface area contributed by atoms with Gasteiger partial charge in [-0.2, -0.15) is 0 Å². The van der Waals surface area contributed by atoms with E-state index in [1.54, 1.807) is 7.11 Å². The second-order valence-electron chi connectivity index (χ2n) is 9.44. The van der Waals surface area contributed by atoms with E-state index in [0.717, 1.165) is 60.9 Å². The minimum atomic E-state index is -0.201. The highest BCUT2D eigenvalue weighted by Gasteiger charge is 2.25. The van der Waals surface area contributed by atoms with E-state index in [9.17, 15) is 4.79 Å². The van der Waals surface area contributed by atoms with E-state index in [0.29, 0.717) is 25.0 Å². The number of rotatable bonds is 11. The van der Waals surface area contributed by atoms with Crippen LogP contribution in [0.25, 0.3) is 0 Å². The zero-order valence-electron chi connectivity index (χ0n) is 21.2. The van der Waals surface area contributed by atoms with Crippen molar-refractivity contribution in [3.8, 4) is 0 Å². The number of ether oxygens (including phenoxy) is 3. The summed E-state index contributed by atoms with van der Waals surface area (Å²) in [6, 6.07) is 10.9. The normalized spacial score (nSPS) is 15.2. The number of methoxy groups -OCH3 is 2. The SMILES string of the molecule is COCc1ccc(Nc2cc(C(C)CC(=O)OC)ccc2N(CC(C)C)C2CCOCC2)cn1. The second kappa shape index (κ2) is 12.7. The van der Waals surface area contributed by atoms with Gasteiger partial charge in [0, 0.05) is 32.9 Å². The van der Waals surface area contributed by atoms with E-state index in [2.05, 4.69) is 54.2 Å². The third-order valence-electron chi connectivity index (χ3n) is 6.19. The van der Waals surface area contributed by atoms with E-state index in [1.807, 2.05) is 18.3 Å². The molecule has 1 atom stereocenters. The van der Waals surface area contributed by atoms with Gasteiger partial charge in [0.1, 0.15) is 0 Å². The van der Waals surface area contributed by atoms with Gasteiger partial charge in [-0.1, -0.05) is 26.8 Å². The summed E-state index contributed by atoms with van der Waals surface area (Å²) in [4.78, 5) is 18.9. The van der Waals surface area contributed by atoms with Crippen molar-refractivity contribution < 1.29 is 19.0 Å². The van der Waals surface area contributed by atoms with Crippen LogP contribution >= 0.6 is 0 Å². The van der Waals surface area contributed by atoms with Gasteiger partial charge >= 0.3 is 5.97 Å². The molecule has 186 valence electrons. The maximum Gasteiger partial charge on any atom is 0.306 e. The molecule has 0 spiro atoms. The number of anilines is 3. The van der Waals surface area contributed by atoms with E-state index in [1.165, 1.54) is 7.11 Å². The first kappa shape index (κ1) is 26.0. The fourth-order valence-electron chi connectivity index (χ4n) is 4.38. The molecular formula is C27H39N3O4. The van der Waals surface area contributed by atoms with Crippen molar-refractivity contribution >= 4 is 23.0 Å². The highest BCUT2D eigenvalue weighted by Crippen LogP contribution is 2.36. The Bertz CT molecular complexity index is 911. The minimum absolute atomic E-state index is 0.0471. The molecule has 7 heteroatoms. The van der Waals surface area contributed by atoms with Crippen molar-refractivity contribution in [2.45, 2.75) is 58.6 Å². The lowest BCUT2D eigenvalue weighted by molar-refractivity contribution is -0.140. The quantitative estimate of drug-likeness (QED) is 0.449. The maximum absolute atomic E-state index is 11.9. The Labute approximate surface area is 203 Å². The van der Waals surface area contributed by atoms with Crippen molar-refractivity contribution in [2.75, 3.05) is 44.2 Å². The van der Waals surface area contributed by atoms with Crippen molar-refractivity contribution in [2.24, 2.45) is 5.92 Å². The fraction of sp³-hybridized carbons (Fsp3) is 0.556. The number of hydrogen-bond donors (Lipinski definition) is 1. The van der Waals surface area contributed by atoms with Crippen LogP contribution in [-0.2, 0) is 25.6 Å². The van der Waals surface area contributed by atoms with Crippen molar-refractivity contribution in [1.82, 2.24) is 4.98 Å². The minimum Gasteiger partial charge on any atom is -0.469 e. The summed E-state index contributed by atoms with van der Waals surface area (Å²) < 4.78 is 15.7. The van der Waals surface area contributed by atoms with E-state index in [4.69, 9.17) is 14.2 Å². The summed E-state index contributed by atoms with van der Waals surface area (Å²) >= 11 is 0. The van der Waals surface area contributed by atoms with Gasteiger partial charge in [0.15, 0.2) is 0 Å². The molecule has 0 saturated carbocycles. The summed E-state index contributed by atoms with van der Waals surface area (Å²) in [7, 11) is 3.10. The number of esters is 1. The lowest BCUT2D eigenvalue weighted by Gasteiger charge is -2.38. The lowest BCUT2D eigenvalue weighted by atomic mass is 9.95. The molecule has 1 N–H and O–H groups in total. The third-order valence-corrected chi connectivity index (χ3v) is 6.19. The number of nitrogens with one attached hydrogen (secondary N) is 1. The number of carbonyl (C=O) groups is 1. The molecule has 1 saturated heterocycles. The Balaban J connectivity index is 1.97. The van der Waals surface area contributed by atoms with Gasteiger partial charge in [-0.3, -0.25) is 9.78 Å². The average molecular weight is 470 g/mol. The summed E-state index contributed by atoms with van der Waals surface area (Å²) in [5.41, 5.74) is 5.07. The van der Waals surface area contributed by atoms with Gasteiger partial charge in [-0.05, 0) is 54.5 Å². The fourth-order valence-corrected chi connectivity index (χ4v) is 4.38. The van der Waals surface area contributed by atoms with Crippen LogP contribution < -0.4 is 10.2 Å². The zero-order chi connectivity index (χ0) is 24.5. The van der Waals surface area contributed by atoms with Crippen LogP contribution in [0, 0.1) is 5.92 Å². The van der Waals surface area contributed by atoms with Crippen LogP contribution in [0.1, 0.15) is 57.2 Å². The molecule has 0 radical (unpaired) electrons. The monoisotopic (exact) mass is 469 g/mol. The van der Waals surface area contributed by atoms with Crippen LogP contribution in [0.2, 0.25) is 0 Å². The highest BCUT2D eigenvalue weighted by atomic mass is 16.5. The standard InChI is InChI=1S/C27H39N3O4/c1-19(2)17-30(24-10-12-34-13-11-24)26-9-6-21(20(3)14-27(31)33-5)15-25(26)29-22-7-8-23(18-32-4)28-16-22/h6-9,15-16,19-20,24,29H,10-14,17-18H2,1-5H3. The Morgan fingerprint density at radius 3 is 2.56 bits per heavy atom. The first-order valence-corrected chi connectivity index (χ1v) is 12.2. The second-order valence-corrected chi connectivity index (χ2v) is 9.44. The highest BCUT2D eigenvalue weighted by molar-refractivity contribution is 5.77. The van der Waals surface area contributed by atoms with Crippen molar-refractivity contribution in [3.05, 3.63) is 47.8 Å². The van der Waals surface area contributed by atoms with E-state index >= 15 is 0 Å². The Morgan fingerprint density at radius 2 is 1.94 bits per heavy atom. The number of carbonyl (C=O) groups excluding carboxylic acids is 1. The predicted octanol–water partition coefficient (Wildman–Crippen LogP) is 5.28. The van der Waals surface area contributed by atoms with Gasteiger partial charge in [-0.15, -0.1) is 0 Å². The first-order chi connectivity index (χ1) is 16.4. The molecule has 1 unspecified atom stereocenters. The molecule has 1 aliphatic heterocycles. The molecule has 1 aromatic heterocycles. The van der Waals surface area contributed by atoms with E-state index < -0.39 is 0 Å². The van der Waals surface area contributed by atoms with Gasteiger partial charge in [-0.25, -0.2) is 0 Å². The first-order valence-electron chi connectivity index (χ1n) is 12.2. The molecule has 34 heavy (non-hydrogen) atoms. The predicted molar refractivity (Wildman–Crippen MR) is 136 cm³/mol. The smallest absolute Gasteiger partial charge is 0.306 e. The van der Waals surface area contributed by atoms with Gasteiger partial charge in [0.05, 0.1) is 49.1 Å². The Morgan fingerprint density at radius 1 is 1.18 bits per heavy atom. The van der Waals surface area contributed by atoms with Crippen LogP contribution in [0.4, 0.5) is 17.1 Å². The van der Waals surface area contributed by atoms with Crippen LogP contribution in [0.5, 0.6) is 0 Å². The lowest BCUT2D eigenvalue weighted by Crippen LogP contribution is -2.42. The topological polar surface area (TPSA) is 72.9 Å². The van der Waals surface area contributed by atoms with Crippen LogP contribution in [-0.4, -0.2) is 51.0 Å². The van der Waals surface area contributed by atoms with E-state index in [-0.39, 0.29) is 11.9 Å². The molecule has 1 aromatic carbocycles. The molecule has 0 bridgehead atoms. The largest absolute Gasteiger partial charge is 0.469 e. The molecule has 1 aliphatic rings. The number of benzene rings is 1. The summed E-state index contributed by atoms with van der Waals surface area (Å²) in [5, 5.41) is 3.60. The number of aromatic nitrogens is 1. The Hall–Kier alpha value is -2.64. The maximum atomic E-state index is 11.9. The molecule has 7 nitrogen and oxygen atoms in total. The van der Waals surface area contributed by atoms with Gasteiger partial charge < -0.3 is 24.4 Å². The van der Waals surface area contributed by atoms with Gasteiger partial charge in [0.25, 0.3) is 0 Å². The van der Waals surface area contributed by atoms with Crippen LogP contribution in [0.15, 0.2) is 36.5 Å². The zero-order valence-corrected chi connectivity index (χ0v) is 21.2. The van der Waals surface area contributed by atoms with Crippen molar-refractivity contribution in [1.29, 1.82) is 0 Å². The molecule has 0 amide bonds. The Kier molecular flexibility index (Phi) is 9.72. The third kappa shape index (κ3) is 7.18. The molecule has 2 heterocycles. The summed E-state index contributed by atoms with van der Waals surface area (Å²) in [5.74, 6) is 0.363. The molecule has 0 aliphatic carbocycles. The van der Waals surface area contributed by atoms with Crippen molar-refractivity contribution in [3.63, 3.8) is 0 Å². The summed E-state index contributed by atoms with van der Waals surface area (Å²) in [6.07, 6.45) is 4.21. The van der Waals surface area contributed by atoms with Gasteiger partial charge in [0.2, 0.25) is 0 Å². The number of pyridine rings is 1. The molecular weight excluding hydrogens is 430 g/mol. The number of hydrogen-bond acceptors (Lipinski definition) is 7. The van der Waals surface area contributed by atoms with Crippen LogP contribution in [0.3, 0.4) is 0 Å². The number of nitrogens with zero attached hydrogens (tertiary/aromatic N) is 2. The molecule has 2 aromatic rings.